The number of rotatable bonds is 0. The van der Waals surface area contributed by atoms with Gasteiger partial charge in [-0.25, -0.2) is 4.98 Å². The van der Waals surface area contributed by atoms with Crippen molar-refractivity contribution in [2.45, 2.75) is 64.3 Å². The smallest absolute Gasteiger partial charge is 0.122 e. The number of hydrogen-bond acceptors (Lipinski definition) is 7. The van der Waals surface area contributed by atoms with Crippen molar-refractivity contribution in [2.24, 2.45) is 9.98 Å². The summed E-state index contributed by atoms with van der Waals surface area (Å²) in [6, 6.07) is 54.5. The molecule has 0 N–H and O–H groups in total. The lowest BCUT2D eigenvalue weighted by Crippen LogP contribution is -1.85. The number of imidazole rings is 1. The molecule has 350 valence electrons. The van der Waals surface area contributed by atoms with Crippen molar-refractivity contribution in [3.63, 3.8) is 0 Å². The fourth-order valence-electron chi connectivity index (χ4n) is 8.73. The Bertz CT molecular complexity index is 3000. The van der Waals surface area contributed by atoms with Gasteiger partial charge in [0.25, 0.3) is 0 Å². The summed E-state index contributed by atoms with van der Waals surface area (Å²) in [5.41, 5.74) is 12.6. The number of hydrogen-bond donors (Lipinski definition) is 0. The predicted molar refractivity (Wildman–Crippen MR) is 301 cm³/mol. The second-order valence-corrected chi connectivity index (χ2v) is 20.1. The Kier molecular flexibility index (Phi) is 17.6. The Morgan fingerprint density at radius 3 is 1.87 bits per heavy atom. The van der Waals surface area contributed by atoms with E-state index in [9.17, 15) is 0 Å². The van der Waals surface area contributed by atoms with Crippen molar-refractivity contribution in [1.29, 1.82) is 0 Å². The van der Waals surface area contributed by atoms with Crippen LogP contribution in [0.3, 0.4) is 0 Å². The van der Waals surface area contributed by atoms with Crippen LogP contribution in [0.5, 0.6) is 5.75 Å². The number of para-hydroxylation sites is 1. The largest absolute Gasteiger partial charge is 0.493 e. The molecule has 70 heavy (non-hydrogen) atoms. The highest BCUT2D eigenvalue weighted by molar-refractivity contribution is 7.11. The van der Waals surface area contributed by atoms with Gasteiger partial charge in [0.05, 0.1) is 36.9 Å². The van der Waals surface area contributed by atoms with E-state index < -0.39 is 0 Å². The molecule has 5 aromatic carbocycles. The number of nitrogens with zero attached hydrogens (tertiary/aromatic N) is 4. The summed E-state index contributed by atoms with van der Waals surface area (Å²) in [6.45, 7) is 1.77. The Morgan fingerprint density at radius 1 is 0.500 bits per heavy atom. The maximum absolute atomic E-state index is 5.30. The molecule has 6 aliphatic rings. The molecular formula is C62H58N4OS3. The summed E-state index contributed by atoms with van der Waals surface area (Å²) in [5.74, 6) is 1.07. The lowest BCUT2D eigenvalue weighted by atomic mass is 10.1. The Balaban J connectivity index is 0.0000000994. The van der Waals surface area contributed by atoms with Gasteiger partial charge in [-0.3, -0.25) is 9.98 Å². The number of aryl methyl sites for hydroxylation is 4. The van der Waals surface area contributed by atoms with Crippen LogP contribution in [-0.4, -0.2) is 28.4 Å². The van der Waals surface area contributed by atoms with Gasteiger partial charge >= 0.3 is 0 Å². The van der Waals surface area contributed by atoms with Crippen LogP contribution >= 0.6 is 34.0 Å². The number of allylic oxidation sites excluding steroid dienone is 1. The predicted octanol–water partition coefficient (Wildman–Crippen LogP) is 16.2. The average Bonchev–Trinajstić information content (AvgIpc) is 4.25. The van der Waals surface area contributed by atoms with Crippen molar-refractivity contribution in [3.8, 4) is 5.75 Å². The number of benzene rings is 5. The van der Waals surface area contributed by atoms with E-state index in [1.54, 1.807) is 50.6 Å². The zero-order valence-electron chi connectivity index (χ0n) is 39.5. The molecule has 0 saturated carbocycles. The molecule has 8 heterocycles. The second-order valence-electron chi connectivity index (χ2n) is 17.1. The minimum absolute atomic E-state index is 0.860. The lowest BCUT2D eigenvalue weighted by molar-refractivity contribution is 0.357. The fraction of sp³-hybridized carbons (Fsp3) is 0.177. The molecule has 0 saturated heterocycles. The zero-order valence-corrected chi connectivity index (χ0v) is 41.9. The van der Waals surface area contributed by atoms with Crippen LogP contribution in [0.4, 0.5) is 5.69 Å². The number of ether oxygens (including phenoxy) is 1. The monoisotopic (exact) mass is 970 g/mol. The second kappa shape index (κ2) is 25.6. The maximum atomic E-state index is 5.30. The molecular weight excluding hydrogens is 913 g/mol. The molecule has 0 amide bonds. The Labute approximate surface area is 424 Å². The standard InChI is InChI=1S/C10H8.C9H10.C9H8.C8H8O.C7H6N2.C7H8S.2C6H5NS/c1-2-6-10-8-4-3-7-9(10)5-1;2*1-2-5-9-7-3-6-8(9)4-1;1-2-4-8-7(3-1)5-6-9-8;1-2-4-9-6-8-5-7(9)3-1;1-2-6-4-5-8-7(6)3-1;1-3-7-5-2-4-8-6(1)5;1-2-8-6-4-7-3-5(1)6/h1-8H;1-2,4-5H,3,6-7H2;1-6H,7H2;1-4H,5-6H2;1-6H;4-5H,1-3H2;2-4H,1H2;1-3H,4H2. The van der Waals surface area contributed by atoms with E-state index in [4.69, 9.17) is 4.74 Å². The molecule has 3 aliphatic carbocycles. The third-order valence-corrected chi connectivity index (χ3v) is 15.3. The highest BCUT2D eigenvalue weighted by atomic mass is 32.1. The third-order valence-electron chi connectivity index (χ3n) is 12.4. The topological polar surface area (TPSA) is 51.2 Å². The number of fused-ring (bicyclic) bond motifs is 8. The molecule has 8 heteroatoms. The van der Waals surface area contributed by atoms with Crippen LogP contribution in [0.15, 0.2) is 209 Å². The summed E-state index contributed by atoms with van der Waals surface area (Å²) in [5, 5.41) is 9.01. The highest BCUT2D eigenvalue weighted by Crippen LogP contribution is 2.29. The SMILES string of the molecule is C1=Cc2ccccc2C1.C1=NCc2sccc21.C1=Nc2ccsc2C1.c1cc2c(s1)CCC2.c1ccc2c(c1)CCC2.c1ccc2c(c1)CCO2.c1ccc2ccccc2c1.c1ccn2cncc2c1. The molecule has 0 bridgehead atoms. The molecule has 0 spiro atoms. The van der Waals surface area contributed by atoms with Crippen molar-refractivity contribution >= 4 is 74.5 Å². The van der Waals surface area contributed by atoms with Crippen LogP contribution in [0, 0.1) is 0 Å². The van der Waals surface area contributed by atoms with E-state index in [2.05, 4.69) is 165 Å². The number of aromatic nitrogens is 2. The van der Waals surface area contributed by atoms with Crippen LogP contribution in [-0.2, 0) is 51.5 Å². The molecule has 0 unspecified atom stereocenters. The molecule has 5 nitrogen and oxygen atoms in total. The van der Waals surface area contributed by atoms with E-state index in [-0.39, 0.29) is 0 Å². The van der Waals surface area contributed by atoms with E-state index in [0.717, 1.165) is 43.7 Å². The van der Waals surface area contributed by atoms with Gasteiger partial charge in [0, 0.05) is 51.7 Å². The summed E-state index contributed by atoms with van der Waals surface area (Å²) in [6.07, 6.45) is 25.1. The minimum Gasteiger partial charge on any atom is -0.493 e. The van der Waals surface area contributed by atoms with Gasteiger partial charge in [0.2, 0.25) is 0 Å². The zero-order chi connectivity index (χ0) is 47.4. The van der Waals surface area contributed by atoms with Crippen LogP contribution in [0.1, 0.15) is 66.4 Å². The lowest BCUT2D eigenvalue weighted by Gasteiger charge is -1.93. The van der Waals surface area contributed by atoms with Gasteiger partial charge in [-0.1, -0.05) is 133 Å². The van der Waals surface area contributed by atoms with Gasteiger partial charge in [-0.2, -0.15) is 0 Å². The van der Waals surface area contributed by atoms with E-state index >= 15 is 0 Å². The molecule has 10 aromatic rings. The van der Waals surface area contributed by atoms with Crippen LogP contribution in [0.25, 0.3) is 22.4 Å². The van der Waals surface area contributed by atoms with Gasteiger partial charge in [0.15, 0.2) is 0 Å². The number of pyridine rings is 1. The average molecular weight is 971 g/mol. The van der Waals surface area contributed by atoms with Crippen molar-refractivity contribution in [1.82, 2.24) is 9.38 Å². The molecule has 0 fully saturated rings. The van der Waals surface area contributed by atoms with Crippen molar-refractivity contribution in [2.75, 3.05) is 6.61 Å². The van der Waals surface area contributed by atoms with Gasteiger partial charge in [0.1, 0.15) is 5.75 Å². The van der Waals surface area contributed by atoms with Gasteiger partial charge in [-0.05, 0) is 142 Å². The number of aliphatic imine (C=N–C) groups is 2. The fourth-order valence-corrected chi connectivity index (χ4v) is 11.3. The van der Waals surface area contributed by atoms with Crippen molar-refractivity contribution in [3.05, 3.63) is 252 Å². The van der Waals surface area contributed by atoms with Crippen molar-refractivity contribution < 1.29 is 4.74 Å². The first-order chi connectivity index (χ1) is 34.7. The summed E-state index contributed by atoms with van der Waals surface area (Å²) in [4.78, 5) is 16.7. The Hall–Kier alpha value is -6.97. The minimum atomic E-state index is 0.860. The quantitative estimate of drug-likeness (QED) is 0.152. The maximum Gasteiger partial charge on any atom is 0.122 e. The van der Waals surface area contributed by atoms with Gasteiger partial charge in [-0.15, -0.1) is 34.0 Å². The normalized spacial score (nSPS) is 13.6. The molecule has 0 radical (unpaired) electrons. The first-order valence-corrected chi connectivity index (χ1v) is 26.9. The molecule has 0 atom stereocenters. The van der Waals surface area contributed by atoms with E-state index in [1.807, 2.05) is 77.0 Å². The first-order valence-electron chi connectivity index (χ1n) is 24.3. The van der Waals surface area contributed by atoms with Gasteiger partial charge < -0.3 is 9.14 Å². The van der Waals surface area contributed by atoms with Crippen LogP contribution in [0.2, 0.25) is 0 Å². The van der Waals surface area contributed by atoms with Crippen LogP contribution < -0.4 is 4.74 Å². The summed E-state index contributed by atoms with van der Waals surface area (Å²) >= 11 is 5.49. The number of thiophene rings is 3. The Morgan fingerprint density at radius 2 is 1.14 bits per heavy atom. The van der Waals surface area contributed by atoms with E-state index in [0.29, 0.717) is 0 Å². The summed E-state index contributed by atoms with van der Waals surface area (Å²) in [7, 11) is 0. The molecule has 5 aromatic heterocycles. The highest BCUT2D eigenvalue weighted by Gasteiger charge is 2.11. The first kappa shape index (κ1) is 48.1. The molecule has 3 aliphatic heterocycles. The third kappa shape index (κ3) is 13.6. The van der Waals surface area contributed by atoms with E-state index in [1.165, 1.54) is 87.0 Å². The summed E-state index contributed by atoms with van der Waals surface area (Å²) < 4.78 is 7.27. The molecule has 16 rings (SSSR count).